The normalized spacial score (nSPS) is 14.7. The summed E-state index contributed by atoms with van der Waals surface area (Å²) >= 11 is 0. The molecule has 1 fully saturated rings. The molecule has 0 radical (unpaired) electrons. The molecule has 1 aliphatic rings. The quantitative estimate of drug-likeness (QED) is 0.760. The molecule has 0 bridgehead atoms. The van der Waals surface area contributed by atoms with Gasteiger partial charge in [0.15, 0.2) is 0 Å². The largest absolute Gasteiger partial charge is 0.489 e. The van der Waals surface area contributed by atoms with Crippen molar-refractivity contribution in [3.05, 3.63) is 41.5 Å². The second-order valence-electron chi connectivity index (χ2n) is 4.89. The van der Waals surface area contributed by atoms with Crippen LogP contribution in [0.4, 0.5) is 0 Å². The summed E-state index contributed by atoms with van der Waals surface area (Å²) in [4.78, 5) is 0. The summed E-state index contributed by atoms with van der Waals surface area (Å²) in [6, 6.07) is 6.88. The van der Waals surface area contributed by atoms with Crippen LogP contribution in [0.25, 0.3) is 0 Å². The number of hydrogen-bond acceptors (Lipinski definition) is 2. The van der Waals surface area contributed by atoms with Crippen LogP contribution >= 0.6 is 0 Å². The Balaban J connectivity index is 1.79. The fourth-order valence-corrected chi connectivity index (χ4v) is 1.69. The fourth-order valence-electron chi connectivity index (χ4n) is 1.69. The monoisotopic (exact) mass is 231 g/mol. The molecule has 0 amide bonds. The van der Waals surface area contributed by atoms with Gasteiger partial charge in [-0.1, -0.05) is 18.7 Å². The molecule has 0 spiro atoms. The van der Waals surface area contributed by atoms with E-state index in [-0.39, 0.29) is 0 Å². The summed E-state index contributed by atoms with van der Waals surface area (Å²) in [6.07, 6.45) is 2.62. The van der Waals surface area contributed by atoms with Crippen LogP contribution in [-0.4, -0.2) is 19.2 Å². The molecular formula is C15H21NO. The lowest BCUT2D eigenvalue weighted by atomic mass is 10.1. The first-order chi connectivity index (χ1) is 8.16. The highest BCUT2D eigenvalue weighted by molar-refractivity contribution is 5.38. The van der Waals surface area contributed by atoms with Crippen molar-refractivity contribution in [3.63, 3.8) is 0 Å². The third-order valence-electron chi connectivity index (χ3n) is 3.20. The molecule has 1 aliphatic carbocycles. The maximum absolute atomic E-state index is 5.79. The zero-order valence-electron chi connectivity index (χ0n) is 10.8. The Morgan fingerprint density at radius 2 is 2.18 bits per heavy atom. The Hall–Kier alpha value is -1.28. The molecule has 2 heteroatoms. The van der Waals surface area contributed by atoms with Crippen LogP contribution < -0.4 is 10.1 Å². The molecule has 2 rings (SSSR count). The Bertz CT molecular complexity index is 407. The van der Waals surface area contributed by atoms with Crippen molar-refractivity contribution in [3.8, 4) is 5.75 Å². The van der Waals surface area contributed by atoms with Crippen molar-refractivity contribution in [2.75, 3.05) is 13.2 Å². The summed E-state index contributed by atoms with van der Waals surface area (Å²) in [6.45, 7) is 9.70. The highest BCUT2D eigenvalue weighted by Gasteiger charge is 2.20. The van der Waals surface area contributed by atoms with Gasteiger partial charge in [0.25, 0.3) is 0 Å². The van der Waals surface area contributed by atoms with Gasteiger partial charge in [-0.3, -0.25) is 0 Å². The van der Waals surface area contributed by atoms with Crippen LogP contribution in [-0.2, 0) is 0 Å². The lowest BCUT2D eigenvalue weighted by Crippen LogP contribution is -2.21. The predicted molar refractivity (Wildman–Crippen MR) is 71.6 cm³/mol. The first-order valence-electron chi connectivity index (χ1n) is 6.26. The fraction of sp³-hybridized carbons (Fsp3) is 0.467. The molecule has 1 saturated carbocycles. The van der Waals surface area contributed by atoms with Gasteiger partial charge in [-0.2, -0.15) is 0 Å². The van der Waals surface area contributed by atoms with Gasteiger partial charge in [-0.15, -0.1) is 0 Å². The molecule has 1 aromatic rings. The Morgan fingerprint density at radius 3 is 2.88 bits per heavy atom. The summed E-state index contributed by atoms with van der Waals surface area (Å²) in [5.74, 6) is 0.970. The third-order valence-corrected chi connectivity index (χ3v) is 3.20. The van der Waals surface area contributed by atoms with Crippen LogP contribution in [0.5, 0.6) is 5.75 Å². The number of hydrogen-bond donors (Lipinski definition) is 1. The molecule has 1 N–H and O–H groups in total. The van der Waals surface area contributed by atoms with E-state index in [1.54, 1.807) is 0 Å². The maximum Gasteiger partial charge on any atom is 0.122 e. The number of ether oxygens (including phenoxy) is 1. The Labute approximate surface area is 104 Å². The molecule has 1 aromatic carbocycles. The Morgan fingerprint density at radius 1 is 1.41 bits per heavy atom. The summed E-state index contributed by atoms with van der Waals surface area (Å²) < 4.78 is 5.79. The molecule has 0 atom stereocenters. The van der Waals surface area contributed by atoms with E-state index in [0.717, 1.165) is 23.9 Å². The minimum absolute atomic E-state index is 0.601. The average molecular weight is 231 g/mol. The van der Waals surface area contributed by atoms with Gasteiger partial charge in [-0.05, 0) is 49.5 Å². The van der Waals surface area contributed by atoms with Crippen LogP contribution in [0.15, 0.2) is 30.4 Å². The van der Waals surface area contributed by atoms with Crippen molar-refractivity contribution in [1.29, 1.82) is 0 Å². The zero-order valence-corrected chi connectivity index (χ0v) is 10.8. The summed E-state index contributed by atoms with van der Waals surface area (Å²) in [7, 11) is 0. The van der Waals surface area contributed by atoms with Crippen molar-refractivity contribution >= 4 is 0 Å². The van der Waals surface area contributed by atoms with E-state index in [0.29, 0.717) is 6.61 Å². The van der Waals surface area contributed by atoms with E-state index in [1.165, 1.54) is 24.0 Å². The van der Waals surface area contributed by atoms with Gasteiger partial charge in [0, 0.05) is 12.6 Å². The van der Waals surface area contributed by atoms with Crippen LogP contribution in [0.2, 0.25) is 0 Å². The van der Waals surface area contributed by atoms with Gasteiger partial charge >= 0.3 is 0 Å². The molecule has 0 aromatic heterocycles. The molecule has 17 heavy (non-hydrogen) atoms. The smallest absolute Gasteiger partial charge is 0.122 e. The standard InChI is InChI=1S/C15H21NO/c1-11(9-16-14-7-8-14)10-17-15-6-4-5-12(2)13(15)3/h4-6,14,16H,1,7-10H2,2-3H3. The molecule has 2 nitrogen and oxygen atoms in total. The van der Waals surface area contributed by atoms with E-state index in [9.17, 15) is 0 Å². The molecule has 92 valence electrons. The molecular weight excluding hydrogens is 210 g/mol. The van der Waals surface area contributed by atoms with Crippen molar-refractivity contribution in [1.82, 2.24) is 5.32 Å². The Kier molecular flexibility index (Phi) is 3.85. The van der Waals surface area contributed by atoms with E-state index in [2.05, 4.69) is 31.8 Å². The minimum Gasteiger partial charge on any atom is -0.489 e. The van der Waals surface area contributed by atoms with Crippen molar-refractivity contribution < 1.29 is 4.74 Å². The number of rotatable bonds is 6. The van der Waals surface area contributed by atoms with Gasteiger partial charge in [0.2, 0.25) is 0 Å². The highest BCUT2D eigenvalue weighted by Crippen LogP contribution is 2.21. The van der Waals surface area contributed by atoms with E-state index in [4.69, 9.17) is 4.74 Å². The first kappa shape index (κ1) is 12.2. The minimum atomic E-state index is 0.601. The number of nitrogens with one attached hydrogen (secondary N) is 1. The van der Waals surface area contributed by atoms with Gasteiger partial charge < -0.3 is 10.1 Å². The first-order valence-corrected chi connectivity index (χ1v) is 6.26. The van der Waals surface area contributed by atoms with Gasteiger partial charge in [-0.25, -0.2) is 0 Å². The summed E-state index contributed by atoms with van der Waals surface area (Å²) in [5, 5.41) is 3.44. The lowest BCUT2D eigenvalue weighted by molar-refractivity contribution is 0.345. The van der Waals surface area contributed by atoms with E-state index in [1.807, 2.05) is 12.1 Å². The molecule has 0 aliphatic heterocycles. The van der Waals surface area contributed by atoms with E-state index < -0.39 is 0 Å². The van der Waals surface area contributed by atoms with E-state index >= 15 is 0 Å². The van der Waals surface area contributed by atoms with Gasteiger partial charge in [0.1, 0.15) is 12.4 Å². The average Bonchev–Trinajstić information content (AvgIpc) is 3.12. The van der Waals surface area contributed by atoms with Crippen LogP contribution in [0.3, 0.4) is 0 Å². The van der Waals surface area contributed by atoms with Crippen LogP contribution in [0.1, 0.15) is 24.0 Å². The summed E-state index contributed by atoms with van der Waals surface area (Å²) in [5.41, 5.74) is 3.59. The molecule has 0 saturated heterocycles. The number of aryl methyl sites for hydroxylation is 1. The second-order valence-corrected chi connectivity index (χ2v) is 4.89. The third kappa shape index (κ3) is 3.60. The maximum atomic E-state index is 5.79. The topological polar surface area (TPSA) is 21.3 Å². The highest BCUT2D eigenvalue weighted by atomic mass is 16.5. The molecule has 0 heterocycles. The SMILES string of the molecule is C=C(CNC1CC1)COc1cccc(C)c1C. The second kappa shape index (κ2) is 5.37. The zero-order chi connectivity index (χ0) is 12.3. The molecule has 0 unspecified atom stereocenters. The van der Waals surface area contributed by atoms with Crippen LogP contribution in [0, 0.1) is 13.8 Å². The van der Waals surface area contributed by atoms with Crippen molar-refractivity contribution in [2.24, 2.45) is 0 Å². The van der Waals surface area contributed by atoms with Gasteiger partial charge in [0.05, 0.1) is 0 Å². The number of benzene rings is 1. The van der Waals surface area contributed by atoms with Crippen molar-refractivity contribution in [2.45, 2.75) is 32.7 Å². The lowest BCUT2D eigenvalue weighted by Gasteiger charge is -2.12. The predicted octanol–water partition coefficient (Wildman–Crippen LogP) is 2.99.